The number of nitrogens with two attached hydrogens (primary N) is 1. The van der Waals surface area contributed by atoms with Crippen LogP contribution in [0.2, 0.25) is 0 Å². The third-order valence-electron chi connectivity index (χ3n) is 2.31. The summed E-state index contributed by atoms with van der Waals surface area (Å²) in [7, 11) is 0. The van der Waals surface area contributed by atoms with E-state index in [0.29, 0.717) is 15.4 Å². The van der Waals surface area contributed by atoms with Crippen LogP contribution in [0.15, 0.2) is 22.8 Å². The minimum atomic E-state index is -0.526. The number of aromatic nitrogens is 1. The number of amides is 1. The lowest BCUT2D eigenvalue weighted by molar-refractivity contribution is -0.384. The summed E-state index contributed by atoms with van der Waals surface area (Å²) < 4.78 is 0.512. The van der Waals surface area contributed by atoms with E-state index < -0.39 is 10.8 Å². The van der Waals surface area contributed by atoms with E-state index in [1.165, 1.54) is 18.3 Å². The number of halogens is 1. The number of nitro benzene ring substituents is 1. The van der Waals surface area contributed by atoms with Crippen LogP contribution in [0, 0.1) is 10.1 Å². The summed E-state index contributed by atoms with van der Waals surface area (Å²) in [5.74, 6) is 4.52. The molecule has 0 saturated heterocycles. The minimum absolute atomic E-state index is 0.102. The van der Waals surface area contributed by atoms with Crippen LogP contribution in [-0.2, 0) is 0 Å². The predicted molar refractivity (Wildman–Crippen MR) is 64.3 cm³/mol. The van der Waals surface area contributed by atoms with Crippen molar-refractivity contribution in [3.63, 3.8) is 0 Å². The van der Waals surface area contributed by atoms with Crippen molar-refractivity contribution in [3.05, 3.63) is 38.5 Å². The number of nitro groups is 1. The number of H-pyrrole nitrogens is 1. The summed E-state index contributed by atoms with van der Waals surface area (Å²) in [6, 6.07) is 2.68. The number of nitrogen functional groups attached to an aromatic ring is 1. The number of non-ortho nitro benzene ring substituents is 1. The van der Waals surface area contributed by atoms with Gasteiger partial charge in [0.25, 0.3) is 11.6 Å². The van der Waals surface area contributed by atoms with E-state index in [0.717, 1.165) is 0 Å². The van der Waals surface area contributed by atoms with Gasteiger partial charge in [-0.15, -0.1) is 0 Å². The fraction of sp³-hybridized carbons (Fsp3) is 0. The van der Waals surface area contributed by atoms with Crippen molar-refractivity contribution in [2.24, 2.45) is 5.84 Å². The Bertz CT molecular complexity index is 622. The molecule has 1 aromatic carbocycles. The van der Waals surface area contributed by atoms with Crippen LogP contribution in [0.4, 0.5) is 5.69 Å². The largest absolute Gasteiger partial charge is 0.359 e. The molecule has 1 aromatic heterocycles. The summed E-state index contributed by atoms with van der Waals surface area (Å²) in [6.07, 6.45) is 1.45. The molecule has 8 heteroatoms. The molecule has 1 amide bonds. The first-order valence-corrected chi connectivity index (χ1v) is 5.30. The van der Waals surface area contributed by atoms with Crippen molar-refractivity contribution in [1.82, 2.24) is 10.4 Å². The fourth-order valence-corrected chi connectivity index (χ4v) is 2.11. The molecule has 0 atom stereocenters. The Morgan fingerprint density at radius 3 is 2.82 bits per heavy atom. The Morgan fingerprint density at radius 1 is 1.53 bits per heavy atom. The first-order chi connectivity index (χ1) is 8.04. The first kappa shape index (κ1) is 11.6. The second kappa shape index (κ2) is 4.15. The maximum Gasteiger partial charge on any atom is 0.271 e. The maximum atomic E-state index is 11.4. The molecule has 0 spiro atoms. The molecular formula is C9H7BrN4O3. The molecule has 0 aliphatic heterocycles. The Kier molecular flexibility index (Phi) is 2.82. The summed E-state index contributed by atoms with van der Waals surface area (Å²) in [6.45, 7) is 0. The summed E-state index contributed by atoms with van der Waals surface area (Å²) in [5, 5.41) is 11.2. The topological polar surface area (TPSA) is 114 Å². The Labute approximate surface area is 103 Å². The number of carbonyl (C=O) groups is 1. The highest BCUT2D eigenvalue weighted by atomic mass is 79.9. The van der Waals surface area contributed by atoms with Crippen molar-refractivity contribution in [1.29, 1.82) is 0 Å². The third-order valence-corrected chi connectivity index (χ3v) is 2.94. The molecular weight excluding hydrogens is 292 g/mol. The summed E-state index contributed by atoms with van der Waals surface area (Å²) in [5.41, 5.74) is 2.74. The van der Waals surface area contributed by atoms with Gasteiger partial charge < -0.3 is 4.98 Å². The predicted octanol–water partition coefficient (Wildman–Crippen LogP) is 1.44. The zero-order valence-electron chi connectivity index (χ0n) is 8.36. The van der Waals surface area contributed by atoms with Gasteiger partial charge in [-0.25, -0.2) is 5.84 Å². The number of hydrazine groups is 1. The zero-order valence-corrected chi connectivity index (χ0v) is 9.95. The molecule has 2 rings (SSSR count). The van der Waals surface area contributed by atoms with Gasteiger partial charge in [0.15, 0.2) is 0 Å². The minimum Gasteiger partial charge on any atom is -0.359 e. The van der Waals surface area contributed by atoms with Crippen LogP contribution in [0.5, 0.6) is 0 Å². The Balaban J connectivity index is 2.74. The van der Waals surface area contributed by atoms with Gasteiger partial charge in [-0.1, -0.05) is 0 Å². The molecule has 17 heavy (non-hydrogen) atoms. The second-order valence-electron chi connectivity index (χ2n) is 3.28. The lowest BCUT2D eigenvalue weighted by Gasteiger charge is -1.99. The molecule has 4 N–H and O–H groups in total. The average Bonchev–Trinajstić information content (AvgIpc) is 2.72. The first-order valence-electron chi connectivity index (χ1n) is 4.50. The Hall–Kier alpha value is -1.93. The van der Waals surface area contributed by atoms with Gasteiger partial charge in [-0.3, -0.25) is 20.3 Å². The number of aromatic amines is 1. The van der Waals surface area contributed by atoms with Gasteiger partial charge in [-0.2, -0.15) is 0 Å². The van der Waals surface area contributed by atoms with Gasteiger partial charge in [0.05, 0.1) is 16.0 Å². The number of rotatable bonds is 2. The number of carbonyl (C=O) groups excluding carboxylic acids is 1. The fourth-order valence-electron chi connectivity index (χ4n) is 1.54. The average molecular weight is 299 g/mol. The summed E-state index contributed by atoms with van der Waals surface area (Å²) in [4.78, 5) is 24.5. The number of hydrogen-bond acceptors (Lipinski definition) is 4. The standard InChI is InChI=1S/C9H7BrN4O3/c10-7-2-4(14(16)17)1-5-6(9(15)13-11)3-12-8(5)7/h1-3,12H,11H2,(H,13,15). The van der Waals surface area contributed by atoms with Crippen molar-refractivity contribution < 1.29 is 9.72 Å². The highest BCUT2D eigenvalue weighted by Gasteiger charge is 2.17. The van der Waals surface area contributed by atoms with E-state index in [1.54, 1.807) is 0 Å². The zero-order chi connectivity index (χ0) is 12.6. The molecule has 88 valence electrons. The number of fused-ring (bicyclic) bond motifs is 1. The second-order valence-corrected chi connectivity index (χ2v) is 4.14. The van der Waals surface area contributed by atoms with Gasteiger partial charge >= 0.3 is 0 Å². The van der Waals surface area contributed by atoms with E-state index in [1.807, 2.05) is 5.43 Å². The third kappa shape index (κ3) is 1.87. The molecule has 1 heterocycles. The lowest BCUT2D eigenvalue weighted by atomic mass is 10.1. The van der Waals surface area contributed by atoms with Gasteiger partial charge in [0, 0.05) is 28.2 Å². The van der Waals surface area contributed by atoms with Crippen LogP contribution in [-0.4, -0.2) is 15.8 Å². The van der Waals surface area contributed by atoms with E-state index in [9.17, 15) is 14.9 Å². The van der Waals surface area contributed by atoms with E-state index in [2.05, 4.69) is 20.9 Å². The molecule has 0 fully saturated rings. The van der Waals surface area contributed by atoms with Crippen molar-refractivity contribution in [2.45, 2.75) is 0 Å². The quantitative estimate of drug-likeness (QED) is 0.337. The van der Waals surface area contributed by atoms with Crippen molar-refractivity contribution >= 4 is 38.4 Å². The van der Waals surface area contributed by atoms with Crippen molar-refractivity contribution in [3.8, 4) is 0 Å². The highest BCUT2D eigenvalue weighted by molar-refractivity contribution is 9.10. The van der Waals surface area contributed by atoms with Gasteiger partial charge in [0.2, 0.25) is 0 Å². The summed E-state index contributed by atoms with van der Waals surface area (Å²) >= 11 is 3.20. The lowest BCUT2D eigenvalue weighted by Crippen LogP contribution is -2.29. The maximum absolute atomic E-state index is 11.4. The van der Waals surface area contributed by atoms with Gasteiger partial charge in [-0.05, 0) is 15.9 Å². The van der Waals surface area contributed by atoms with E-state index in [-0.39, 0.29) is 11.3 Å². The number of nitrogens with zero attached hydrogens (tertiary/aromatic N) is 1. The van der Waals surface area contributed by atoms with Crippen LogP contribution in [0.25, 0.3) is 10.9 Å². The monoisotopic (exact) mass is 298 g/mol. The molecule has 0 aliphatic carbocycles. The molecule has 7 nitrogen and oxygen atoms in total. The van der Waals surface area contributed by atoms with E-state index in [4.69, 9.17) is 5.84 Å². The van der Waals surface area contributed by atoms with Gasteiger partial charge in [0.1, 0.15) is 0 Å². The van der Waals surface area contributed by atoms with E-state index >= 15 is 0 Å². The van der Waals surface area contributed by atoms with Crippen molar-refractivity contribution in [2.75, 3.05) is 0 Å². The van der Waals surface area contributed by atoms with Crippen LogP contribution in [0.3, 0.4) is 0 Å². The number of benzene rings is 1. The van der Waals surface area contributed by atoms with Crippen LogP contribution < -0.4 is 11.3 Å². The number of hydrogen-bond donors (Lipinski definition) is 3. The Morgan fingerprint density at radius 2 is 2.24 bits per heavy atom. The molecule has 0 saturated carbocycles. The SMILES string of the molecule is NNC(=O)c1c[nH]c2c(Br)cc([N+](=O)[O-])cc12. The van der Waals surface area contributed by atoms with Crippen LogP contribution in [0.1, 0.15) is 10.4 Å². The molecule has 2 aromatic rings. The molecule has 0 bridgehead atoms. The molecule has 0 radical (unpaired) electrons. The highest BCUT2D eigenvalue weighted by Crippen LogP contribution is 2.30. The molecule has 0 unspecified atom stereocenters. The molecule has 0 aliphatic rings. The smallest absolute Gasteiger partial charge is 0.271 e. The number of nitrogens with one attached hydrogen (secondary N) is 2. The normalized spacial score (nSPS) is 10.5. The van der Waals surface area contributed by atoms with Crippen LogP contribution >= 0.6 is 15.9 Å².